The zero-order valence-electron chi connectivity index (χ0n) is 20.7. The molecule has 5 nitrogen and oxygen atoms in total. The first-order valence-electron chi connectivity index (χ1n) is 11.6. The predicted octanol–water partition coefficient (Wildman–Crippen LogP) is 5.15. The zero-order valence-corrected chi connectivity index (χ0v) is 20.7. The average Bonchev–Trinajstić information content (AvgIpc) is 2.63. The van der Waals surface area contributed by atoms with Gasteiger partial charge in [-0.15, -0.1) is 0 Å². The van der Waals surface area contributed by atoms with Crippen LogP contribution in [0.25, 0.3) is 0 Å². The molecule has 0 aliphatic carbocycles. The maximum atomic E-state index is 11.9. The van der Waals surface area contributed by atoms with E-state index < -0.39 is 0 Å². The summed E-state index contributed by atoms with van der Waals surface area (Å²) in [6.45, 7) is 3.28. The molecule has 1 aromatic carbocycles. The number of para-hydroxylation sites is 1. The van der Waals surface area contributed by atoms with Crippen molar-refractivity contribution >= 4 is 6.09 Å². The van der Waals surface area contributed by atoms with E-state index in [0.29, 0.717) is 5.75 Å². The van der Waals surface area contributed by atoms with Gasteiger partial charge in [0.1, 0.15) is 12.3 Å². The van der Waals surface area contributed by atoms with Crippen molar-refractivity contribution in [2.45, 2.75) is 57.9 Å². The van der Waals surface area contributed by atoms with Gasteiger partial charge in [0.15, 0.2) is 0 Å². The van der Waals surface area contributed by atoms with Gasteiger partial charge in [0.25, 0.3) is 0 Å². The zero-order chi connectivity index (χ0) is 22.6. The molecule has 0 aliphatic heterocycles. The number of carbonyl (C=O) groups excluding carboxylic acids is 1. The first-order valence-corrected chi connectivity index (χ1v) is 11.6. The number of carbonyl (C=O) groups is 1. The molecule has 0 bridgehead atoms. The normalized spacial score (nSPS) is 12.1. The second kappa shape index (κ2) is 13.0. The lowest BCUT2D eigenvalue weighted by Crippen LogP contribution is -2.39. The Kier molecular flexibility index (Phi) is 11.4. The van der Waals surface area contributed by atoms with Gasteiger partial charge in [0.2, 0.25) is 0 Å². The summed E-state index contributed by atoms with van der Waals surface area (Å²) in [6.07, 6.45) is 10.4. The number of benzene rings is 1. The molecular formula is C25H47N3O2+2. The van der Waals surface area contributed by atoms with Gasteiger partial charge in [-0.25, -0.2) is 4.79 Å². The third-order valence-corrected chi connectivity index (χ3v) is 5.48. The Morgan fingerprint density at radius 1 is 0.800 bits per heavy atom. The molecular weight excluding hydrogens is 374 g/mol. The van der Waals surface area contributed by atoms with Crippen molar-refractivity contribution in [1.82, 2.24) is 4.90 Å². The fourth-order valence-electron chi connectivity index (χ4n) is 3.65. The van der Waals surface area contributed by atoms with Crippen molar-refractivity contribution in [2.75, 3.05) is 62.4 Å². The van der Waals surface area contributed by atoms with Crippen LogP contribution in [0.15, 0.2) is 24.3 Å². The van der Waals surface area contributed by atoms with E-state index >= 15 is 0 Å². The molecule has 30 heavy (non-hydrogen) atoms. The molecule has 0 spiro atoms. The van der Waals surface area contributed by atoms with Crippen molar-refractivity contribution in [3.8, 4) is 5.75 Å². The standard InChI is InChI=1S/C25H47N3O2/c1-26(2)25(29)30-24-19-15-14-18-23(24)22-28(6,7)21-17-13-11-9-8-10-12-16-20-27(3,4)5/h14-15,18-19H,8-13,16-17,20-22H2,1-7H3/q+2. The van der Waals surface area contributed by atoms with Crippen molar-refractivity contribution < 1.29 is 18.5 Å². The van der Waals surface area contributed by atoms with E-state index in [9.17, 15) is 4.79 Å². The number of quaternary nitrogens is 2. The van der Waals surface area contributed by atoms with Gasteiger partial charge in [-0.2, -0.15) is 0 Å². The lowest BCUT2D eigenvalue weighted by Gasteiger charge is -2.30. The SMILES string of the molecule is CN(C)C(=O)Oc1ccccc1C[N+](C)(C)CCCCCCCCCC[N+](C)(C)C. The molecule has 0 heterocycles. The van der Waals surface area contributed by atoms with Crippen LogP contribution in [0.1, 0.15) is 56.9 Å². The van der Waals surface area contributed by atoms with Crippen LogP contribution in [0.3, 0.4) is 0 Å². The lowest BCUT2D eigenvalue weighted by atomic mass is 10.1. The third-order valence-electron chi connectivity index (χ3n) is 5.48. The van der Waals surface area contributed by atoms with E-state index in [2.05, 4.69) is 41.3 Å². The van der Waals surface area contributed by atoms with Crippen LogP contribution in [0.5, 0.6) is 5.75 Å². The minimum absolute atomic E-state index is 0.328. The molecule has 0 fully saturated rings. The van der Waals surface area contributed by atoms with Gasteiger partial charge >= 0.3 is 6.09 Å². The fraction of sp³-hybridized carbons (Fsp3) is 0.720. The second-order valence-electron chi connectivity index (χ2n) is 10.5. The van der Waals surface area contributed by atoms with Crippen LogP contribution in [0, 0.1) is 0 Å². The van der Waals surface area contributed by atoms with Crippen molar-refractivity contribution in [2.24, 2.45) is 0 Å². The Morgan fingerprint density at radius 3 is 1.83 bits per heavy atom. The van der Waals surface area contributed by atoms with Gasteiger partial charge < -0.3 is 18.6 Å². The van der Waals surface area contributed by atoms with Crippen LogP contribution in [-0.2, 0) is 6.54 Å². The van der Waals surface area contributed by atoms with Gasteiger partial charge in [0, 0.05) is 19.7 Å². The number of amides is 1. The molecule has 0 saturated carbocycles. The summed E-state index contributed by atoms with van der Waals surface area (Å²) >= 11 is 0. The number of rotatable bonds is 14. The summed E-state index contributed by atoms with van der Waals surface area (Å²) in [7, 11) is 14.8. The molecule has 1 aromatic rings. The second-order valence-corrected chi connectivity index (χ2v) is 10.5. The summed E-state index contributed by atoms with van der Waals surface area (Å²) in [5.41, 5.74) is 1.09. The largest absolute Gasteiger partial charge is 0.414 e. The summed E-state index contributed by atoms with van der Waals surface area (Å²) < 4.78 is 7.53. The Morgan fingerprint density at radius 2 is 1.30 bits per heavy atom. The third kappa shape index (κ3) is 12.2. The first kappa shape index (κ1) is 26.4. The molecule has 172 valence electrons. The van der Waals surface area contributed by atoms with Gasteiger partial charge in [-0.1, -0.05) is 37.8 Å². The number of nitrogens with zero attached hydrogens (tertiary/aromatic N) is 3. The topological polar surface area (TPSA) is 29.5 Å². The highest BCUT2D eigenvalue weighted by Gasteiger charge is 2.19. The smallest absolute Gasteiger partial charge is 0.410 e. The quantitative estimate of drug-likeness (QED) is 0.307. The number of unbranched alkanes of at least 4 members (excludes halogenated alkanes) is 7. The lowest BCUT2D eigenvalue weighted by molar-refractivity contribution is -0.903. The van der Waals surface area contributed by atoms with Gasteiger partial charge in [-0.05, 0) is 37.8 Å². The van der Waals surface area contributed by atoms with E-state index in [1.165, 1.54) is 62.8 Å². The molecule has 0 atom stereocenters. The molecule has 0 N–H and O–H groups in total. The fourth-order valence-corrected chi connectivity index (χ4v) is 3.65. The predicted molar refractivity (Wildman–Crippen MR) is 127 cm³/mol. The Labute approximate surface area is 185 Å². The van der Waals surface area contributed by atoms with Crippen molar-refractivity contribution in [1.29, 1.82) is 0 Å². The minimum atomic E-state index is -0.328. The van der Waals surface area contributed by atoms with Crippen LogP contribution >= 0.6 is 0 Å². The molecule has 0 aliphatic rings. The first-order chi connectivity index (χ1) is 14.0. The number of ether oxygens (including phenoxy) is 1. The van der Waals surface area contributed by atoms with Crippen molar-refractivity contribution in [3.63, 3.8) is 0 Å². The van der Waals surface area contributed by atoms with E-state index in [-0.39, 0.29) is 6.09 Å². The van der Waals surface area contributed by atoms with E-state index in [4.69, 9.17) is 4.74 Å². The Hall–Kier alpha value is -1.59. The van der Waals surface area contributed by atoms with E-state index in [1.54, 1.807) is 14.1 Å². The highest BCUT2D eigenvalue weighted by atomic mass is 16.6. The van der Waals surface area contributed by atoms with E-state index in [1.807, 2.05) is 18.2 Å². The van der Waals surface area contributed by atoms with Crippen LogP contribution in [0.4, 0.5) is 4.79 Å². The molecule has 0 radical (unpaired) electrons. The number of hydrogen-bond donors (Lipinski definition) is 0. The summed E-state index contributed by atoms with van der Waals surface area (Å²) in [5.74, 6) is 0.674. The van der Waals surface area contributed by atoms with Gasteiger partial charge in [-0.3, -0.25) is 0 Å². The molecule has 0 saturated heterocycles. The van der Waals surface area contributed by atoms with Gasteiger partial charge in [0.05, 0.1) is 48.3 Å². The van der Waals surface area contributed by atoms with E-state index in [0.717, 1.165) is 27.6 Å². The highest BCUT2D eigenvalue weighted by Crippen LogP contribution is 2.23. The highest BCUT2D eigenvalue weighted by molar-refractivity contribution is 5.70. The molecule has 0 aromatic heterocycles. The average molecular weight is 422 g/mol. The van der Waals surface area contributed by atoms with Crippen LogP contribution in [-0.4, -0.2) is 82.4 Å². The van der Waals surface area contributed by atoms with Crippen LogP contribution in [0.2, 0.25) is 0 Å². The van der Waals surface area contributed by atoms with Crippen molar-refractivity contribution in [3.05, 3.63) is 29.8 Å². The number of hydrogen-bond acceptors (Lipinski definition) is 2. The molecule has 5 heteroatoms. The molecule has 1 amide bonds. The molecule has 0 unspecified atom stereocenters. The summed E-state index contributed by atoms with van der Waals surface area (Å²) in [5, 5.41) is 0. The maximum Gasteiger partial charge on any atom is 0.414 e. The summed E-state index contributed by atoms with van der Waals surface area (Å²) in [4.78, 5) is 13.4. The van der Waals surface area contributed by atoms with Crippen LogP contribution < -0.4 is 4.74 Å². The minimum Gasteiger partial charge on any atom is -0.410 e. The summed E-state index contributed by atoms with van der Waals surface area (Å²) in [6, 6.07) is 7.89. The maximum absolute atomic E-state index is 11.9. The Bertz CT molecular complexity index is 621. The Balaban J connectivity index is 2.26. The molecule has 1 rings (SSSR count). The monoisotopic (exact) mass is 421 g/mol.